The van der Waals surface area contributed by atoms with Crippen LogP contribution in [0.25, 0.3) is 0 Å². The minimum Gasteiger partial charge on any atom is -0.304 e. The molecule has 2 nitrogen and oxygen atoms in total. The normalized spacial score (nSPS) is 42.9. The van der Waals surface area contributed by atoms with Crippen molar-refractivity contribution in [3.05, 3.63) is 0 Å². The number of ketones is 1. The second-order valence-corrected chi connectivity index (χ2v) is 7.15. The monoisotopic (exact) mass is 263 g/mol. The van der Waals surface area contributed by atoms with E-state index < -0.39 is 0 Å². The van der Waals surface area contributed by atoms with Gasteiger partial charge in [0.05, 0.1) is 6.04 Å². The maximum atomic E-state index is 12.7. The lowest BCUT2D eigenvalue weighted by atomic mass is 9.76. The van der Waals surface area contributed by atoms with Gasteiger partial charge in [0.2, 0.25) is 0 Å². The van der Waals surface area contributed by atoms with E-state index in [1.54, 1.807) is 0 Å². The Balaban J connectivity index is 1.58. The van der Waals surface area contributed by atoms with Crippen LogP contribution in [0.4, 0.5) is 0 Å². The van der Waals surface area contributed by atoms with Crippen LogP contribution >= 0.6 is 0 Å². The van der Waals surface area contributed by atoms with Crippen LogP contribution in [-0.2, 0) is 4.79 Å². The van der Waals surface area contributed by atoms with Gasteiger partial charge < -0.3 is 5.32 Å². The van der Waals surface area contributed by atoms with E-state index in [-0.39, 0.29) is 6.04 Å². The first-order chi connectivity index (χ1) is 9.28. The predicted octanol–water partition coefficient (Wildman–Crippen LogP) is 3.69. The first-order valence-electron chi connectivity index (χ1n) is 8.57. The molecule has 1 saturated heterocycles. The average molecular weight is 263 g/mol. The molecule has 0 radical (unpaired) electrons. The largest absolute Gasteiger partial charge is 0.304 e. The number of fused-ring (bicyclic) bond motifs is 1. The summed E-state index contributed by atoms with van der Waals surface area (Å²) in [5.41, 5.74) is 0. The fourth-order valence-corrected chi connectivity index (χ4v) is 4.74. The molecule has 19 heavy (non-hydrogen) atoms. The van der Waals surface area contributed by atoms with Gasteiger partial charge in [-0.2, -0.15) is 0 Å². The SMILES string of the molecule is CCC1CCCC(C(=O)C2CC3CCCCC3N2)C1. The van der Waals surface area contributed by atoms with E-state index in [1.165, 1.54) is 51.4 Å². The third kappa shape index (κ3) is 2.89. The van der Waals surface area contributed by atoms with Crippen molar-refractivity contribution < 1.29 is 4.79 Å². The summed E-state index contributed by atoms with van der Waals surface area (Å²) in [6.45, 7) is 2.28. The molecule has 2 heteroatoms. The fraction of sp³-hybridized carbons (Fsp3) is 0.941. The molecule has 0 aromatic carbocycles. The summed E-state index contributed by atoms with van der Waals surface area (Å²) in [6.07, 6.45) is 12.7. The highest BCUT2D eigenvalue weighted by Gasteiger charge is 2.40. The Labute approximate surface area is 117 Å². The van der Waals surface area contributed by atoms with Crippen LogP contribution in [0.3, 0.4) is 0 Å². The van der Waals surface area contributed by atoms with Crippen LogP contribution in [0.15, 0.2) is 0 Å². The number of hydrogen-bond donors (Lipinski definition) is 1. The number of carbonyl (C=O) groups is 1. The third-order valence-corrected chi connectivity index (χ3v) is 5.97. The van der Waals surface area contributed by atoms with Crippen molar-refractivity contribution in [1.29, 1.82) is 0 Å². The summed E-state index contributed by atoms with van der Waals surface area (Å²) < 4.78 is 0. The van der Waals surface area contributed by atoms with E-state index >= 15 is 0 Å². The molecular weight excluding hydrogens is 234 g/mol. The van der Waals surface area contributed by atoms with Crippen LogP contribution in [0.2, 0.25) is 0 Å². The van der Waals surface area contributed by atoms with Gasteiger partial charge in [0.25, 0.3) is 0 Å². The zero-order valence-corrected chi connectivity index (χ0v) is 12.4. The number of carbonyl (C=O) groups excluding carboxylic acids is 1. The maximum absolute atomic E-state index is 12.7. The molecule has 108 valence electrons. The summed E-state index contributed by atoms with van der Waals surface area (Å²) in [6, 6.07) is 0.863. The first-order valence-corrected chi connectivity index (χ1v) is 8.57. The lowest BCUT2D eigenvalue weighted by molar-refractivity contribution is -0.126. The fourth-order valence-electron chi connectivity index (χ4n) is 4.74. The topological polar surface area (TPSA) is 29.1 Å². The molecule has 1 heterocycles. The molecule has 1 aliphatic heterocycles. The Morgan fingerprint density at radius 1 is 1.05 bits per heavy atom. The highest BCUT2D eigenvalue weighted by Crippen LogP contribution is 2.37. The average Bonchev–Trinajstić information content (AvgIpc) is 2.90. The molecular formula is C17H29NO. The molecule has 5 unspecified atom stereocenters. The molecule has 0 amide bonds. The summed E-state index contributed by atoms with van der Waals surface area (Å²) in [5.74, 6) is 2.54. The van der Waals surface area contributed by atoms with Crippen molar-refractivity contribution in [2.75, 3.05) is 0 Å². The molecule has 3 rings (SSSR count). The summed E-state index contributed by atoms with van der Waals surface area (Å²) >= 11 is 0. The van der Waals surface area contributed by atoms with E-state index in [4.69, 9.17) is 0 Å². The first kappa shape index (κ1) is 13.6. The van der Waals surface area contributed by atoms with Crippen LogP contribution in [0, 0.1) is 17.8 Å². The third-order valence-electron chi connectivity index (χ3n) is 5.97. The van der Waals surface area contributed by atoms with Gasteiger partial charge in [-0.05, 0) is 43.9 Å². The smallest absolute Gasteiger partial charge is 0.152 e. The van der Waals surface area contributed by atoms with Gasteiger partial charge in [-0.25, -0.2) is 0 Å². The molecule has 2 aliphatic carbocycles. The predicted molar refractivity (Wildman–Crippen MR) is 78.0 cm³/mol. The van der Waals surface area contributed by atoms with E-state index in [0.717, 1.165) is 24.7 Å². The van der Waals surface area contributed by atoms with Gasteiger partial charge in [0.15, 0.2) is 5.78 Å². The van der Waals surface area contributed by atoms with Gasteiger partial charge in [-0.1, -0.05) is 39.0 Å². The minimum atomic E-state index is 0.203. The lowest BCUT2D eigenvalue weighted by Crippen LogP contribution is -2.40. The van der Waals surface area contributed by atoms with Crippen molar-refractivity contribution in [2.24, 2.45) is 17.8 Å². The van der Waals surface area contributed by atoms with Crippen molar-refractivity contribution in [3.8, 4) is 0 Å². The number of hydrogen-bond acceptors (Lipinski definition) is 2. The molecule has 3 aliphatic rings. The van der Waals surface area contributed by atoms with Crippen molar-refractivity contribution in [3.63, 3.8) is 0 Å². The molecule has 3 fully saturated rings. The van der Waals surface area contributed by atoms with E-state index in [1.807, 2.05) is 0 Å². The van der Waals surface area contributed by atoms with Gasteiger partial charge in [-0.3, -0.25) is 4.79 Å². The number of nitrogens with one attached hydrogen (secondary N) is 1. The van der Waals surface area contributed by atoms with Crippen LogP contribution < -0.4 is 5.32 Å². The standard InChI is InChI=1S/C17H29NO/c1-2-12-6-5-8-14(10-12)17(19)16-11-13-7-3-4-9-15(13)18-16/h12-16,18H,2-11H2,1H3. The quantitative estimate of drug-likeness (QED) is 0.841. The van der Waals surface area contributed by atoms with Gasteiger partial charge >= 0.3 is 0 Å². The molecule has 0 spiro atoms. The van der Waals surface area contributed by atoms with E-state index in [2.05, 4.69) is 12.2 Å². The Morgan fingerprint density at radius 2 is 1.89 bits per heavy atom. The molecule has 2 saturated carbocycles. The lowest BCUT2D eigenvalue weighted by Gasteiger charge is -2.29. The van der Waals surface area contributed by atoms with Crippen molar-refractivity contribution in [2.45, 2.75) is 83.2 Å². The Kier molecular flexibility index (Phi) is 4.26. The molecule has 5 atom stereocenters. The zero-order valence-electron chi connectivity index (χ0n) is 12.4. The molecule has 0 aromatic rings. The molecule has 1 N–H and O–H groups in total. The zero-order chi connectivity index (χ0) is 13.2. The Morgan fingerprint density at radius 3 is 2.68 bits per heavy atom. The molecule has 0 bridgehead atoms. The van der Waals surface area contributed by atoms with Crippen LogP contribution in [0.1, 0.15) is 71.1 Å². The van der Waals surface area contributed by atoms with Gasteiger partial charge in [0, 0.05) is 12.0 Å². The van der Waals surface area contributed by atoms with E-state index in [0.29, 0.717) is 17.7 Å². The van der Waals surface area contributed by atoms with Gasteiger partial charge in [-0.15, -0.1) is 0 Å². The van der Waals surface area contributed by atoms with Crippen LogP contribution in [0.5, 0.6) is 0 Å². The van der Waals surface area contributed by atoms with Gasteiger partial charge in [0.1, 0.15) is 0 Å². The summed E-state index contributed by atoms with van der Waals surface area (Å²) in [5, 5.41) is 3.67. The maximum Gasteiger partial charge on any atom is 0.152 e. The van der Waals surface area contributed by atoms with E-state index in [9.17, 15) is 4.79 Å². The highest BCUT2D eigenvalue weighted by atomic mass is 16.1. The Bertz CT molecular complexity index is 313. The van der Waals surface area contributed by atoms with Crippen molar-refractivity contribution in [1.82, 2.24) is 5.32 Å². The minimum absolute atomic E-state index is 0.203. The van der Waals surface area contributed by atoms with Crippen LogP contribution in [-0.4, -0.2) is 17.9 Å². The second kappa shape index (κ2) is 5.95. The number of rotatable bonds is 3. The van der Waals surface area contributed by atoms with Crippen molar-refractivity contribution >= 4 is 5.78 Å². The second-order valence-electron chi connectivity index (χ2n) is 7.15. The summed E-state index contributed by atoms with van der Waals surface area (Å²) in [7, 11) is 0. The highest BCUT2D eigenvalue weighted by molar-refractivity contribution is 5.86. The Hall–Kier alpha value is -0.370. The number of Topliss-reactive ketones (excluding diaryl/α,β-unsaturated/α-hetero) is 1. The molecule has 0 aromatic heterocycles. The summed E-state index contributed by atoms with van der Waals surface area (Å²) in [4.78, 5) is 12.7.